The zero-order valence-electron chi connectivity index (χ0n) is 14.5. The quantitative estimate of drug-likeness (QED) is 0.769. The van der Waals surface area contributed by atoms with Gasteiger partial charge in [0.2, 0.25) is 17.6 Å². The van der Waals surface area contributed by atoms with Crippen LogP contribution in [-0.2, 0) is 11.2 Å². The van der Waals surface area contributed by atoms with Gasteiger partial charge < -0.3 is 9.84 Å². The van der Waals surface area contributed by atoms with Gasteiger partial charge in [0, 0.05) is 36.5 Å². The van der Waals surface area contributed by atoms with Crippen LogP contribution in [0.3, 0.4) is 0 Å². The maximum atomic E-state index is 12.2. The molecule has 1 aromatic carbocycles. The maximum absolute atomic E-state index is 12.2. The molecule has 0 spiro atoms. The van der Waals surface area contributed by atoms with Gasteiger partial charge in [0.25, 0.3) is 0 Å². The molecule has 0 saturated carbocycles. The Bertz CT molecular complexity index is 864. The summed E-state index contributed by atoms with van der Waals surface area (Å²) in [5, 5.41) is 6.90. The molecule has 0 unspecified atom stereocenters. The second-order valence-corrected chi connectivity index (χ2v) is 6.08. The predicted molar refractivity (Wildman–Crippen MR) is 95.1 cm³/mol. The molecule has 0 aliphatic rings. The first kappa shape index (κ1) is 16.8. The van der Waals surface area contributed by atoms with E-state index >= 15 is 0 Å². The van der Waals surface area contributed by atoms with Crippen molar-refractivity contribution in [1.29, 1.82) is 0 Å². The van der Waals surface area contributed by atoms with Gasteiger partial charge in [-0.15, -0.1) is 0 Å². The minimum Gasteiger partial charge on any atom is -0.339 e. The largest absolute Gasteiger partial charge is 0.339 e. The Hall–Kier alpha value is -3.02. The molecular weight excluding hydrogens is 316 g/mol. The lowest BCUT2D eigenvalue weighted by Gasteiger charge is -2.12. The van der Waals surface area contributed by atoms with Gasteiger partial charge >= 0.3 is 0 Å². The van der Waals surface area contributed by atoms with Crippen LogP contribution < -0.4 is 5.32 Å². The number of carbonyl (C=O) groups excluding carboxylic acids is 1. The fourth-order valence-electron chi connectivity index (χ4n) is 2.77. The Balaban J connectivity index is 1.61. The van der Waals surface area contributed by atoms with Crippen LogP contribution in [0.1, 0.15) is 29.0 Å². The van der Waals surface area contributed by atoms with Crippen molar-refractivity contribution in [3.63, 3.8) is 0 Å². The second-order valence-electron chi connectivity index (χ2n) is 6.08. The number of nitrogens with zero attached hydrogens (tertiary/aromatic N) is 3. The third-order valence-electron chi connectivity index (χ3n) is 3.90. The molecule has 6 heteroatoms. The summed E-state index contributed by atoms with van der Waals surface area (Å²) in [5.41, 5.74) is 4.96. The van der Waals surface area contributed by atoms with E-state index in [2.05, 4.69) is 32.6 Å². The first-order chi connectivity index (χ1) is 12.0. The fraction of sp³-hybridized carbons (Fsp3) is 0.263. The van der Waals surface area contributed by atoms with E-state index in [1.54, 1.807) is 12.4 Å². The first-order valence-electron chi connectivity index (χ1n) is 8.13. The third kappa shape index (κ3) is 4.09. The molecular formula is C19H20N4O2. The van der Waals surface area contributed by atoms with Crippen molar-refractivity contribution < 1.29 is 9.32 Å². The summed E-state index contributed by atoms with van der Waals surface area (Å²) in [5.74, 6) is 0.844. The van der Waals surface area contributed by atoms with Crippen molar-refractivity contribution in [1.82, 2.24) is 15.1 Å². The second kappa shape index (κ2) is 7.25. The molecule has 2 heterocycles. The number of benzene rings is 1. The number of aryl methyl sites for hydroxylation is 4. The van der Waals surface area contributed by atoms with Crippen LogP contribution in [0.15, 0.2) is 41.2 Å². The van der Waals surface area contributed by atoms with Gasteiger partial charge in [-0.3, -0.25) is 9.78 Å². The molecule has 3 aromatic rings. The summed E-state index contributed by atoms with van der Waals surface area (Å²) in [6.07, 6.45) is 4.03. The number of rotatable bonds is 5. The van der Waals surface area contributed by atoms with Crippen molar-refractivity contribution >= 4 is 11.6 Å². The Morgan fingerprint density at radius 2 is 1.96 bits per heavy atom. The number of nitrogens with one attached hydrogen (secondary N) is 1. The molecule has 25 heavy (non-hydrogen) atoms. The zero-order chi connectivity index (χ0) is 17.8. The standard InChI is InChI=1S/C19H20N4O2/c1-12-9-13(2)18(14(3)10-12)21-16(24)6-7-17-22-19(23-25-17)15-5-4-8-20-11-15/h4-5,8-11H,6-7H2,1-3H3,(H,21,24). The summed E-state index contributed by atoms with van der Waals surface area (Å²) in [7, 11) is 0. The molecule has 3 rings (SSSR count). The molecule has 2 aromatic heterocycles. The normalized spacial score (nSPS) is 10.7. The number of carbonyl (C=O) groups is 1. The molecule has 1 amide bonds. The van der Waals surface area contributed by atoms with Crippen LogP contribution in [0.25, 0.3) is 11.4 Å². The van der Waals surface area contributed by atoms with Crippen LogP contribution in [0.4, 0.5) is 5.69 Å². The molecule has 0 aliphatic heterocycles. The van der Waals surface area contributed by atoms with Crippen molar-refractivity contribution in [3.05, 3.63) is 59.2 Å². The maximum Gasteiger partial charge on any atom is 0.227 e. The molecule has 1 N–H and O–H groups in total. The van der Waals surface area contributed by atoms with Crippen molar-refractivity contribution in [3.8, 4) is 11.4 Å². The summed E-state index contributed by atoms with van der Waals surface area (Å²) in [6, 6.07) is 7.78. The van der Waals surface area contributed by atoms with Crippen LogP contribution in [-0.4, -0.2) is 21.0 Å². The first-order valence-corrected chi connectivity index (χ1v) is 8.13. The van der Waals surface area contributed by atoms with E-state index in [0.717, 1.165) is 22.4 Å². The lowest BCUT2D eigenvalue weighted by Crippen LogP contribution is -2.14. The van der Waals surface area contributed by atoms with Crippen molar-refractivity contribution in [2.24, 2.45) is 0 Å². The highest BCUT2D eigenvalue weighted by Crippen LogP contribution is 2.22. The van der Waals surface area contributed by atoms with Gasteiger partial charge in [0.1, 0.15) is 0 Å². The number of hydrogen-bond donors (Lipinski definition) is 1. The predicted octanol–water partition coefficient (Wildman–Crippen LogP) is 3.63. The smallest absolute Gasteiger partial charge is 0.227 e. The third-order valence-corrected chi connectivity index (χ3v) is 3.90. The molecule has 0 aliphatic carbocycles. The molecule has 0 radical (unpaired) electrons. The van der Waals surface area contributed by atoms with Gasteiger partial charge in [0.15, 0.2) is 0 Å². The monoisotopic (exact) mass is 336 g/mol. The number of pyridine rings is 1. The lowest BCUT2D eigenvalue weighted by molar-refractivity contribution is -0.116. The van der Waals surface area contributed by atoms with E-state index in [1.807, 2.05) is 32.9 Å². The summed E-state index contributed by atoms with van der Waals surface area (Å²) in [6.45, 7) is 6.03. The molecule has 6 nitrogen and oxygen atoms in total. The van der Waals surface area contributed by atoms with E-state index in [-0.39, 0.29) is 12.3 Å². The van der Waals surface area contributed by atoms with Crippen molar-refractivity contribution in [2.45, 2.75) is 33.6 Å². The van der Waals surface area contributed by atoms with Gasteiger partial charge in [-0.25, -0.2) is 0 Å². The minimum atomic E-state index is -0.0730. The van der Waals surface area contributed by atoms with Gasteiger partial charge in [-0.1, -0.05) is 22.9 Å². The number of aromatic nitrogens is 3. The van der Waals surface area contributed by atoms with Gasteiger partial charge in [0.05, 0.1) is 0 Å². The summed E-state index contributed by atoms with van der Waals surface area (Å²) < 4.78 is 5.21. The minimum absolute atomic E-state index is 0.0730. The topological polar surface area (TPSA) is 80.9 Å². The number of hydrogen-bond acceptors (Lipinski definition) is 5. The number of anilines is 1. The van der Waals surface area contributed by atoms with Crippen LogP contribution in [0.5, 0.6) is 0 Å². The van der Waals surface area contributed by atoms with E-state index in [9.17, 15) is 4.79 Å². The molecule has 0 bridgehead atoms. The average molecular weight is 336 g/mol. The molecule has 0 fully saturated rings. The Kier molecular flexibility index (Phi) is 4.88. The summed E-state index contributed by atoms with van der Waals surface area (Å²) >= 11 is 0. The van der Waals surface area contributed by atoms with Crippen LogP contribution >= 0.6 is 0 Å². The highest BCUT2D eigenvalue weighted by Gasteiger charge is 2.12. The van der Waals surface area contributed by atoms with Gasteiger partial charge in [-0.2, -0.15) is 4.98 Å². The SMILES string of the molecule is Cc1cc(C)c(NC(=O)CCc2nc(-c3cccnc3)no2)c(C)c1. The van der Waals surface area contributed by atoms with Crippen LogP contribution in [0, 0.1) is 20.8 Å². The lowest BCUT2D eigenvalue weighted by atomic mass is 10.0. The fourth-order valence-corrected chi connectivity index (χ4v) is 2.77. The van der Waals surface area contributed by atoms with Crippen LogP contribution in [0.2, 0.25) is 0 Å². The Morgan fingerprint density at radius 1 is 1.20 bits per heavy atom. The van der Waals surface area contributed by atoms with E-state index in [4.69, 9.17) is 4.52 Å². The molecule has 0 atom stereocenters. The van der Waals surface area contributed by atoms with E-state index < -0.39 is 0 Å². The van der Waals surface area contributed by atoms with E-state index in [0.29, 0.717) is 18.1 Å². The van der Waals surface area contributed by atoms with Gasteiger partial charge in [-0.05, 0) is 44.0 Å². The highest BCUT2D eigenvalue weighted by molar-refractivity contribution is 5.92. The highest BCUT2D eigenvalue weighted by atomic mass is 16.5. The van der Waals surface area contributed by atoms with E-state index in [1.165, 1.54) is 5.56 Å². The Morgan fingerprint density at radius 3 is 2.64 bits per heavy atom. The number of amides is 1. The van der Waals surface area contributed by atoms with Crippen molar-refractivity contribution in [2.75, 3.05) is 5.32 Å². The Labute approximate surface area is 146 Å². The zero-order valence-corrected chi connectivity index (χ0v) is 14.5. The molecule has 128 valence electrons. The summed E-state index contributed by atoms with van der Waals surface area (Å²) in [4.78, 5) is 20.6. The molecule has 0 saturated heterocycles. The average Bonchev–Trinajstić information content (AvgIpc) is 3.06.